The van der Waals surface area contributed by atoms with Crippen molar-refractivity contribution in [1.82, 2.24) is 10.2 Å². The fraction of sp³-hybridized carbons (Fsp3) is 0.529. The van der Waals surface area contributed by atoms with Crippen molar-refractivity contribution in [2.75, 3.05) is 33.4 Å². The molecule has 1 aromatic rings. The van der Waals surface area contributed by atoms with E-state index in [0.29, 0.717) is 32.5 Å². The van der Waals surface area contributed by atoms with Gasteiger partial charge in [-0.2, -0.15) is 13.2 Å². The summed E-state index contributed by atoms with van der Waals surface area (Å²) in [6, 6.07) is 4.36. The molecule has 0 bridgehead atoms. The van der Waals surface area contributed by atoms with Gasteiger partial charge in [-0.1, -0.05) is 6.07 Å². The first-order valence-electron chi connectivity index (χ1n) is 8.06. The van der Waals surface area contributed by atoms with E-state index in [2.05, 4.69) is 5.32 Å². The van der Waals surface area contributed by atoms with Crippen molar-refractivity contribution in [1.29, 1.82) is 0 Å². The summed E-state index contributed by atoms with van der Waals surface area (Å²) < 4.78 is 43.3. The summed E-state index contributed by atoms with van der Waals surface area (Å²) in [4.78, 5) is 26.1. The lowest BCUT2D eigenvalue weighted by Gasteiger charge is -2.32. The molecule has 1 aliphatic heterocycles. The number of ether oxygens (including phenoxy) is 1. The van der Waals surface area contributed by atoms with Crippen LogP contribution in [0.1, 0.15) is 28.8 Å². The largest absolute Gasteiger partial charge is 0.416 e. The number of carbonyl (C=O) groups excluding carboxylic acids is 2. The van der Waals surface area contributed by atoms with E-state index in [9.17, 15) is 22.8 Å². The van der Waals surface area contributed by atoms with Crippen LogP contribution in [0.15, 0.2) is 24.3 Å². The Bertz CT molecular complexity index is 619. The fourth-order valence-electron chi connectivity index (χ4n) is 2.81. The van der Waals surface area contributed by atoms with Gasteiger partial charge in [0.25, 0.3) is 5.91 Å². The molecule has 0 unspecified atom stereocenters. The average Bonchev–Trinajstić information content (AvgIpc) is 2.60. The molecule has 1 aliphatic rings. The Morgan fingerprint density at radius 2 is 2.12 bits per heavy atom. The minimum Gasteiger partial charge on any atom is -0.383 e. The van der Waals surface area contributed by atoms with Crippen molar-refractivity contribution in [2.24, 2.45) is 5.92 Å². The SMILES string of the molecule is COCCNC(=O)[C@@H]1CCCN(C(=O)c2cccc(C(F)(F)F)c2)C1. The highest BCUT2D eigenvalue weighted by Crippen LogP contribution is 2.30. The van der Waals surface area contributed by atoms with Crippen molar-refractivity contribution >= 4 is 11.8 Å². The quantitative estimate of drug-likeness (QED) is 0.822. The molecular formula is C17H21F3N2O3. The molecule has 1 fully saturated rings. The minimum absolute atomic E-state index is 0.0183. The number of methoxy groups -OCH3 is 1. The topological polar surface area (TPSA) is 58.6 Å². The highest BCUT2D eigenvalue weighted by molar-refractivity contribution is 5.95. The number of piperidine rings is 1. The maximum atomic E-state index is 12.8. The van der Waals surface area contributed by atoms with Gasteiger partial charge in [0.05, 0.1) is 18.1 Å². The first-order valence-corrected chi connectivity index (χ1v) is 8.06. The van der Waals surface area contributed by atoms with Crippen molar-refractivity contribution in [2.45, 2.75) is 19.0 Å². The zero-order chi connectivity index (χ0) is 18.4. The van der Waals surface area contributed by atoms with Crippen LogP contribution in [-0.4, -0.2) is 50.1 Å². The summed E-state index contributed by atoms with van der Waals surface area (Å²) in [6.45, 7) is 1.41. The van der Waals surface area contributed by atoms with Crippen LogP contribution in [0.25, 0.3) is 0 Å². The Balaban J connectivity index is 2.03. The number of hydrogen-bond acceptors (Lipinski definition) is 3. The van der Waals surface area contributed by atoms with Crippen molar-refractivity contribution in [3.63, 3.8) is 0 Å². The average molecular weight is 358 g/mol. The van der Waals surface area contributed by atoms with Gasteiger partial charge in [-0.25, -0.2) is 0 Å². The Labute approximate surface area is 144 Å². The lowest BCUT2D eigenvalue weighted by atomic mass is 9.96. The number of likely N-dealkylation sites (tertiary alicyclic amines) is 1. The number of hydrogen-bond donors (Lipinski definition) is 1. The molecule has 138 valence electrons. The zero-order valence-electron chi connectivity index (χ0n) is 13.9. The van der Waals surface area contributed by atoms with Gasteiger partial charge < -0.3 is 15.0 Å². The molecule has 1 aromatic carbocycles. The van der Waals surface area contributed by atoms with Crippen LogP contribution in [-0.2, 0) is 15.7 Å². The van der Waals surface area contributed by atoms with E-state index in [1.54, 1.807) is 0 Å². The molecule has 5 nitrogen and oxygen atoms in total. The van der Waals surface area contributed by atoms with Crippen LogP contribution in [0, 0.1) is 5.92 Å². The van der Waals surface area contributed by atoms with Crippen LogP contribution in [0.5, 0.6) is 0 Å². The van der Waals surface area contributed by atoms with Crippen LogP contribution >= 0.6 is 0 Å². The third-order valence-electron chi connectivity index (χ3n) is 4.12. The van der Waals surface area contributed by atoms with E-state index >= 15 is 0 Å². The van der Waals surface area contributed by atoms with Gasteiger partial charge in [-0.15, -0.1) is 0 Å². The highest BCUT2D eigenvalue weighted by atomic mass is 19.4. The van der Waals surface area contributed by atoms with Gasteiger partial charge in [0.15, 0.2) is 0 Å². The summed E-state index contributed by atoms with van der Waals surface area (Å²) in [7, 11) is 1.53. The molecule has 1 N–H and O–H groups in total. The lowest BCUT2D eigenvalue weighted by Crippen LogP contribution is -2.46. The van der Waals surface area contributed by atoms with E-state index in [-0.39, 0.29) is 23.9 Å². The third kappa shape index (κ3) is 5.19. The number of alkyl halides is 3. The van der Waals surface area contributed by atoms with Crippen LogP contribution in [0.2, 0.25) is 0 Å². The number of nitrogens with zero attached hydrogens (tertiary/aromatic N) is 1. The Morgan fingerprint density at radius 3 is 2.80 bits per heavy atom. The normalized spacial score (nSPS) is 18.1. The molecule has 0 saturated carbocycles. The second kappa shape index (κ2) is 8.33. The maximum absolute atomic E-state index is 12.8. The molecule has 0 aliphatic carbocycles. The van der Waals surface area contributed by atoms with Gasteiger partial charge in [0, 0.05) is 32.3 Å². The van der Waals surface area contributed by atoms with Crippen molar-refractivity contribution in [3.05, 3.63) is 35.4 Å². The van der Waals surface area contributed by atoms with E-state index in [4.69, 9.17) is 4.74 Å². The van der Waals surface area contributed by atoms with Crippen LogP contribution in [0.3, 0.4) is 0 Å². The predicted octanol–water partition coefficient (Wildman–Crippen LogP) is 2.32. The molecule has 2 amide bonds. The number of carbonyl (C=O) groups is 2. The standard InChI is InChI=1S/C17H21F3N2O3/c1-25-9-7-21-15(23)13-5-3-8-22(11-13)16(24)12-4-2-6-14(10-12)17(18,19)20/h2,4,6,10,13H,3,5,7-9,11H2,1H3,(H,21,23)/t13-/m1/s1. The Hall–Kier alpha value is -2.09. The van der Waals surface area contributed by atoms with Crippen LogP contribution in [0.4, 0.5) is 13.2 Å². The highest BCUT2D eigenvalue weighted by Gasteiger charge is 2.32. The second-order valence-electron chi connectivity index (χ2n) is 5.95. The summed E-state index contributed by atoms with van der Waals surface area (Å²) in [6.07, 6.45) is -3.22. The first kappa shape index (κ1) is 19.2. The van der Waals surface area contributed by atoms with E-state index in [1.165, 1.54) is 24.1 Å². The first-order chi connectivity index (χ1) is 11.8. The third-order valence-corrected chi connectivity index (χ3v) is 4.12. The number of halogens is 3. The molecule has 2 rings (SSSR count). The molecule has 25 heavy (non-hydrogen) atoms. The monoisotopic (exact) mass is 358 g/mol. The van der Waals surface area contributed by atoms with Gasteiger partial charge in [0.2, 0.25) is 5.91 Å². The summed E-state index contributed by atoms with van der Waals surface area (Å²) in [5.74, 6) is -1.01. The molecule has 1 atom stereocenters. The van der Waals surface area contributed by atoms with E-state index in [1.807, 2.05) is 0 Å². The molecule has 1 heterocycles. The molecular weight excluding hydrogens is 337 g/mol. The number of benzene rings is 1. The maximum Gasteiger partial charge on any atom is 0.416 e. The Kier molecular flexibility index (Phi) is 6.41. The van der Waals surface area contributed by atoms with Crippen LogP contribution < -0.4 is 5.32 Å². The molecule has 0 aromatic heterocycles. The summed E-state index contributed by atoms with van der Waals surface area (Å²) in [5, 5.41) is 2.73. The molecule has 8 heteroatoms. The number of amides is 2. The molecule has 0 radical (unpaired) electrons. The molecule has 0 spiro atoms. The Morgan fingerprint density at radius 1 is 1.36 bits per heavy atom. The smallest absolute Gasteiger partial charge is 0.383 e. The van der Waals surface area contributed by atoms with Gasteiger partial charge in [-0.05, 0) is 31.0 Å². The lowest BCUT2D eigenvalue weighted by molar-refractivity contribution is -0.137. The van der Waals surface area contributed by atoms with Crippen molar-refractivity contribution in [3.8, 4) is 0 Å². The summed E-state index contributed by atoms with van der Waals surface area (Å²) >= 11 is 0. The minimum atomic E-state index is -4.50. The van der Waals surface area contributed by atoms with E-state index in [0.717, 1.165) is 12.1 Å². The van der Waals surface area contributed by atoms with E-state index < -0.39 is 17.6 Å². The number of rotatable bonds is 5. The summed E-state index contributed by atoms with van der Waals surface area (Å²) in [5.41, 5.74) is -0.875. The molecule has 1 saturated heterocycles. The van der Waals surface area contributed by atoms with Gasteiger partial charge in [0.1, 0.15) is 0 Å². The van der Waals surface area contributed by atoms with Gasteiger partial charge in [-0.3, -0.25) is 9.59 Å². The zero-order valence-corrected chi connectivity index (χ0v) is 13.9. The fourth-order valence-corrected chi connectivity index (χ4v) is 2.81. The predicted molar refractivity (Wildman–Crippen MR) is 85.0 cm³/mol. The van der Waals surface area contributed by atoms with Gasteiger partial charge >= 0.3 is 6.18 Å². The second-order valence-corrected chi connectivity index (χ2v) is 5.95. The number of nitrogens with one attached hydrogen (secondary N) is 1. The van der Waals surface area contributed by atoms with Crippen molar-refractivity contribution < 1.29 is 27.5 Å².